The highest BCUT2D eigenvalue weighted by atomic mass is 16.5. The Bertz CT molecular complexity index is 2620. The lowest BCUT2D eigenvalue weighted by Gasteiger charge is -2.35. The smallest absolute Gasteiger partial charge is 0.153 e. The van der Waals surface area contributed by atoms with E-state index in [0.717, 1.165) is 79.7 Å². The highest BCUT2D eigenvalue weighted by Crippen LogP contribution is 2.53. The fraction of sp³-hybridized carbons (Fsp3) is 0. The van der Waals surface area contributed by atoms with Crippen molar-refractivity contribution in [3.8, 4) is 11.5 Å². The van der Waals surface area contributed by atoms with Crippen molar-refractivity contribution in [2.75, 3.05) is 19.6 Å². The molecule has 0 fully saturated rings. The fourth-order valence-corrected chi connectivity index (χ4v) is 7.93. The van der Waals surface area contributed by atoms with Crippen molar-refractivity contribution in [1.29, 1.82) is 0 Å². The van der Waals surface area contributed by atoms with Crippen molar-refractivity contribution in [2.45, 2.75) is 0 Å². The molecule has 9 aromatic carbocycles. The number of hydrogen-bond acceptors (Lipinski definition) is 5. The summed E-state index contributed by atoms with van der Waals surface area (Å²) in [6.45, 7) is 0. The maximum atomic E-state index is 6.76. The Morgan fingerprint density at radius 3 is 1.02 bits per heavy atom. The minimum absolute atomic E-state index is 0.771. The van der Waals surface area contributed by atoms with Crippen LogP contribution in [0.4, 0.5) is 68.2 Å². The molecule has 1 aliphatic rings. The molecule has 0 spiro atoms. The Kier molecular flexibility index (Phi) is 9.51. The Balaban J connectivity index is 1.21. The first kappa shape index (κ1) is 35.4. The van der Waals surface area contributed by atoms with Crippen molar-refractivity contribution in [2.24, 2.45) is 0 Å². The van der Waals surface area contributed by atoms with Crippen LogP contribution in [0.1, 0.15) is 0 Å². The predicted octanol–water partition coefficient (Wildman–Crippen LogP) is 15.7. The van der Waals surface area contributed by atoms with Gasteiger partial charge in [0.2, 0.25) is 0 Å². The molecule has 0 saturated heterocycles. The second-order valence-corrected chi connectivity index (χ2v) is 14.3. The maximum absolute atomic E-state index is 6.76. The van der Waals surface area contributed by atoms with Gasteiger partial charge < -0.3 is 24.3 Å². The standard InChI is InChI=1S/C54H40N4O/c1-7-21-41(22-8-1)55(42-23-9-2-10-24-42)48-37-49(56(43-25-11-3-12-26-43)44-27-13-4-14-28-44)39-50(38-48)57(45-29-15-5-16-30-45)47-35-36-52-54(40-47)59-53-34-20-19-33-51(53)58(52)46-31-17-6-18-32-46/h1-40H. The van der Waals surface area contributed by atoms with Gasteiger partial charge in [0.15, 0.2) is 11.5 Å². The molecule has 0 atom stereocenters. The van der Waals surface area contributed by atoms with Gasteiger partial charge in [0, 0.05) is 45.9 Å². The molecule has 9 aromatic rings. The third-order valence-electron chi connectivity index (χ3n) is 10.5. The molecule has 0 radical (unpaired) electrons. The number of anilines is 12. The summed E-state index contributed by atoms with van der Waals surface area (Å²) >= 11 is 0. The lowest BCUT2D eigenvalue weighted by atomic mass is 10.1. The van der Waals surface area contributed by atoms with Crippen LogP contribution in [-0.2, 0) is 0 Å². The van der Waals surface area contributed by atoms with E-state index in [1.165, 1.54) is 0 Å². The van der Waals surface area contributed by atoms with Gasteiger partial charge in [-0.05, 0) is 115 Å². The third-order valence-corrected chi connectivity index (χ3v) is 10.5. The summed E-state index contributed by atoms with van der Waals surface area (Å²) in [6.07, 6.45) is 0. The zero-order valence-corrected chi connectivity index (χ0v) is 32.3. The number of nitrogens with zero attached hydrogens (tertiary/aromatic N) is 4. The molecule has 0 aromatic heterocycles. The van der Waals surface area contributed by atoms with Crippen LogP contribution in [0.5, 0.6) is 11.5 Å². The van der Waals surface area contributed by atoms with Crippen LogP contribution in [0.3, 0.4) is 0 Å². The molecule has 0 bridgehead atoms. The van der Waals surface area contributed by atoms with Gasteiger partial charge in [-0.3, -0.25) is 0 Å². The molecule has 0 amide bonds. The molecule has 1 heterocycles. The minimum Gasteiger partial charge on any atom is -0.453 e. The first-order chi connectivity index (χ1) is 29.3. The van der Waals surface area contributed by atoms with E-state index in [-0.39, 0.29) is 0 Å². The van der Waals surface area contributed by atoms with Crippen LogP contribution in [0, 0.1) is 0 Å². The molecule has 59 heavy (non-hydrogen) atoms. The van der Waals surface area contributed by atoms with E-state index in [0.29, 0.717) is 0 Å². The van der Waals surface area contributed by atoms with Crippen LogP contribution >= 0.6 is 0 Å². The number of para-hydroxylation sites is 8. The van der Waals surface area contributed by atoms with Crippen molar-refractivity contribution >= 4 is 68.2 Å². The van der Waals surface area contributed by atoms with Crippen molar-refractivity contribution in [3.63, 3.8) is 0 Å². The van der Waals surface area contributed by atoms with E-state index in [2.05, 4.69) is 244 Å². The summed E-state index contributed by atoms with van der Waals surface area (Å²) < 4.78 is 6.76. The summed E-state index contributed by atoms with van der Waals surface area (Å²) in [5.74, 6) is 1.58. The van der Waals surface area contributed by atoms with Crippen LogP contribution < -0.4 is 24.3 Å². The monoisotopic (exact) mass is 760 g/mol. The lowest BCUT2D eigenvalue weighted by Crippen LogP contribution is -2.18. The van der Waals surface area contributed by atoms with Gasteiger partial charge in [-0.1, -0.05) is 121 Å². The van der Waals surface area contributed by atoms with Gasteiger partial charge in [-0.2, -0.15) is 0 Å². The normalized spacial score (nSPS) is 11.5. The number of fused-ring (bicyclic) bond motifs is 2. The Labute approximate surface area is 345 Å². The topological polar surface area (TPSA) is 22.2 Å². The first-order valence-electron chi connectivity index (χ1n) is 19.9. The summed E-state index contributed by atoms with van der Waals surface area (Å²) in [6, 6.07) is 85.0. The van der Waals surface area contributed by atoms with E-state index >= 15 is 0 Å². The van der Waals surface area contributed by atoms with E-state index in [4.69, 9.17) is 4.74 Å². The number of benzene rings is 9. The Morgan fingerprint density at radius 1 is 0.254 bits per heavy atom. The van der Waals surface area contributed by atoms with Gasteiger partial charge in [-0.25, -0.2) is 0 Å². The molecular weight excluding hydrogens is 721 g/mol. The zero-order chi connectivity index (χ0) is 39.4. The fourth-order valence-electron chi connectivity index (χ4n) is 7.93. The molecule has 5 nitrogen and oxygen atoms in total. The van der Waals surface area contributed by atoms with Crippen LogP contribution in [0.25, 0.3) is 0 Å². The predicted molar refractivity (Wildman–Crippen MR) is 245 cm³/mol. The summed E-state index contributed by atoms with van der Waals surface area (Å²) in [4.78, 5) is 9.26. The average molecular weight is 761 g/mol. The second kappa shape index (κ2) is 15.8. The third kappa shape index (κ3) is 7.02. The summed E-state index contributed by atoms with van der Waals surface area (Å²) in [5.41, 5.74) is 12.2. The van der Waals surface area contributed by atoms with E-state index in [9.17, 15) is 0 Å². The largest absolute Gasteiger partial charge is 0.453 e. The highest BCUT2D eigenvalue weighted by Gasteiger charge is 2.28. The minimum atomic E-state index is 0.771. The highest BCUT2D eigenvalue weighted by molar-refractivity contribution is 5.92. The van der Waals surface area contributed by atoms with Crippen molar-refractivity contribution in [1.82, 2.24) is 0 Å². The van der Waals surface area contributed by atoms with Crippen LogP contribution in [-0.4, -0.2) is 0 Å². The molecule has 5 heteroatoms. The van der Waals surface area contributed by atoms with Gasteiger partial charge in [0.05, 0.1) is 28.4 Å². The molecule has 282 valence electrons. The Hall–Kier alpha value is -8.02. The van der Waals surface area contributed by atoms with Gasteiger partial charge in [0.1, 0.15) is 0 Å². The lowest BCUT2D eigenvalue weighted by molar-refractivity contribution is 0.477. The zero-order valence-electron chi connectivity index (χ0n) is 32.3. The SMILES string of the molecule is c1ccc(N(c2ccccc2)c2cc(N(c3ccccc3)c3ccccc3)cc(N(c3ccccc3)c3ccc4c(c3)Oc3ccccc3N4c3ccccc3)c2)cc1. The van der Waals surface area contributed by atoms with Gasteiger partial charge in [-0.15, -0.1) is 0 Å². The molecular formula is C54H40N4O. The molecule has 0 saturated carbocycles. The van der Waals surface area contributed by atoms with E-state index in [1.54, 1.807) is 0 Å². The second-order valence-electron chi connectivity index (χ2n) is 14.3. The van der Waals surface area contributed by atoms with Crippen LogP contribution in [0.2, 0.25) is 0 Å². The van der Waals surface area contributed by atoms with E-state index in [1.807, 2.05) is 18.2 Å². The molecule has 0 aliphatic carbocycles. The van der Waals surface area contributed by atoms with Crippen molar-refractivity contribution in [3.05, 3.63) is 243 Å². The molecule has 0 N–H and O–H groups in total. The first-order valence-corrected chi connectivity index (χ1v) is 19.9. The van der Waals surface area contributed by atoms with Gasteiger partial charge >= 0.3 is 0 Å². The molecule has 1 aliphatic heterocycles. The quantitative estimate of drug-likeness (QED) is 0.138. The number of hydrogen-bond donors (Lipinski definition) is 0. The summed E-state index contributed by atoms with van der Waals surface area (Å²) in [7, 11) is 0. The number of ether oxygens (including phenoxy) is 1. The Morgan fingerprint density at radius 2 is 0.593 bits per heavy atom. The average Bonchev–Trinajstić information content (AvgIpc) is 3.30. The molecule has 10 rings (SSSR count). The van der Waals surface area contributed by atoms with Crippen molar-refractivity contribution < 1.29 is 4.74 Å². The van der Waals surface area contributed by atoms with E-state index < -0.39 is 0 Å². The number of rotatable bonds is 10. The maximum Gasteiger partial charge on any atom is 0.153 e. The van der Waals surface area contributed by atoms with Gasteiger partial charge in [0.25, 0.3) is 0 Å². The molecule has 0 unspecified atom stereocenters. The summed E-state index contributed by atoms with van der Waals surface area (Å²) in [5, 5.41) is 0. The van der Waals surface area contributed by atoms with Crippen LogP contribution in [0.15, 0.2) is 243 Å².